The standard InChI is InChI=1S/C32H24BrCl2F5N2O7/c33-12-5-8-17(43)15(10-12)20-13-6-7-14-19(28(47)41(27(14)46)9-3-1-2-4-18(44)45)16(13)11-31(34)29(48)42(30(49)32(20,31)35)26-24(39)22(37)21(36)23(38)25(26)40/h5-6,8,10,14,16,19-20,43H,1-4,7,9,11H2,(H,44,45)/t14-,16+,19-,20+,31+,32-/m0/s1. The molecule has 2 heterocycles. The molecule has 3 fully saturated rings. The first-order valence-corrected chi connectivity index (χ1v) is 16.6. The molecule has 2 aromatic rings. The number of likely N-dealkylation sites (tertiary alicyclic amines) is 1. The van der Waals surface area contributed by atoms with Crippen LogP contribution in [0.3, 0.4) is 0 Å². The van der Waals surface area contributed by atoms with Crippen LogP contribution in [0.25, 0.3) is 0 Å². The lowest BCUT2D eigenvalue weighted by atomic mass is 9.56. The number of carboxylic acid groups (broad SMARTS) is 1. The summed E-state index contributed by atoms with van der Waals surface area (Å²) in [5.74, 6) is -23.1. The van der Waals surface area contributed by atoms with E-state index < -0.39 is 110 Å². The Kier molecular flexibility index (Phi) is 8.88. The zero-order valence-electron chi connectivity index (χ0n) is 24.9. The van der Waals surface area contributed by atoms with Crippen molar-refractivity contribution in [3.05, 3.63) is 69.0 Å². The predicted octanol–water partition coefficient (Wildman–Crippen LogP) is 6.06. The number of benzene rings is 2. The van der Waals surface area contributed by atoms with Gasteiger partial charge in [0.15, 0.2) is 33.0 Å². The van der Waals surface area contributed by atoms with Crippen molar-refractivity contribution in [2.24, 2.45) is 17.8 Å². The number of rotatable bonds is 8. The molecule has 4 amide bonds. The molecule has 17 heteroatoms. The molecular weight excluding hydrogens is 770 g/mol. The molecule has 260 valence electrons. The summed E-state index contributed by atoms with van der Waals surface area (Å²) in [6.07, 6.45) is 1.73. The summed E-state index contributed by atoms with van der Waals surface area (Å²) in [7, 11) is 0. The van der Waals surface area contributed by atoms with E-state index in [1.807, 2.05) is 0 Å². The average molecular weight is 794 g/mol. The van der Waals surface area contributed by atoms with Crippen molar-refractivity contribution >= 4 is 74.4 Å². The van der Waals surface area contributed by atoms with E-state index in [-0.39, 0.29) is 35.4 Å². The number of hydrogen-bond donors (Lipinski definition) is 2. The molecule has 6 atom stereocenters. The van der Waals surface area contributed by atoms with Gasteiger partial charge in [-0.1, -0.05) is 34.0 Å². The van der Waals surface area contributed by atoms with Crippen LogP contribution in [0.5, 0.6) is 5.75 Å². The third-order valence-electron chi connectivity index (χ3n) is 9.89. The Hall–Kier alpha value is -3.56. The first-order chi connectivity index (χ1) is 23.0. The highest BCUT2D eigenvalue weighted by Crippen LogP contribution is 2.66. The van der Waals surface area contributed by atoms with E-state index in [4.69, 9.17) is 28.3 Å². The molecule has 2 aliphatic heterocycles. The zero-order chi connectivity index (χ0) is 35.9. The zero-order valence-corrected chi connectivity index (χ0v) is 28.0. The van der Waals surface area contributed by atoms with Gasteiger partial charge in [-0.15, -0.1) is 23.2 Å². The number of fused-ring (bicyclic) bond motifs is 4. The minimum Gasteiger partial charge on any atom is -0.508 e. The van der Waals surface area contributed by atoms with Crippen LogP contribution >= 0.6 is 39.1 Å². The number of carbonyl (C=O) groups excluding carboxylic acids is 4. The van der Waals surface area contributed by atoms with Gasteiger partial charge < -0.3 is 10.2 Å². The molecule has 9 nitrogen and oxygen atoms in total. The molecule has 2 aliphatic carbocycles. The van der Waals surface area contributed by atoms with Gasteiger partial charge in [0.1, 0.15) is 11.4 Å². The number of hydrogen-bond acceptors (Lipinski definition) is 6. The maximum atomic E-state index is 15.1. The molecule has 1 saturated carbocycles. The predicted molar refractivity (Wildman–Crippen MR) is 165 cm³/mol. The monoisotopic (exact) mass is 792 g/mol. The van der Waals surface area contributed by atoms with Crippen LogP contribution in [0.2, 0.25) is 0 Å². The van der Waals surface area contributed by atoms with Gasteiger partial charge in [-0.05, 0) is 49.8 Å². The highest BCUT2D eigenvalue weighted by atomic mass is 79.9. The summed E-state index contributed by atoms with van der Waals surface area (Å²) >= 11 is 17.4. The molecule has 0 bridgehead atoms. The van der Waals surface area contributed by atoms with Crippen molar-refractivity contribution in [3.63, 3.8) is 0 Å². The molecule has 2 N–H and O–H groups in total. The first-order valence-electron chi connectivity index (χ1n) is 15.0. The van der Waals surface area contributed by atoms with E-state index >= 15 is 8.78 Å². The van der Waals surface area contributed by atoms with Crippen LogP contribution in [-0.2, 0) is 24.0 Å². The van der Waals surface area contributed by atoms with Gasteiger partial charge in [0, 0.05) is 28.9 Å². The van der Waals surface area contributed by atoms with E-state index in [1.165, 1.54) is 24.3 Å². The normalized spacial score (nSPS) is 29.3. The Labute approximate surface area is 292 Å². The van der Waals surface area contributed by atoms with Crippen molar-refractivity contribution in [3.8, 4) is 5.75 Å². The Morgan fingerprint density at radius 1 is 0.898 bits per heavy atom. The number of amides is 4. The molecule has 0 aromatic heterocycles. The Morgan fingerprint density at radius 3 is 2.16 bits per heavy atom. The second kappa shape index (κ2) is 12.3. The Balaban J connectivity index is 1.48. The van der Waals surface area contributed by atoms with Crippen LogP contribution in [0.15, 0.2) is 34.3 Å². The van der Waals surface area contributed by atoms with Gasteiger partial charge >= 0.3 is 5.97 Å². The number of alkyl halides is 2. The number of carbonyl (C=O) groups is 5. The van der Waals surface area contributed by atoms with E-state index in [2.05, 4.69) is 15.9 Å². The number of carboxylic acids is 1. The van der Waals surface area contributed by atoms with Gasteiger partial charge in [0.05, 0.1) is 11.8 Å². The second-order valence-corrected chi connectivity index (χ2v) is 14.6. The van der Waals surface area contributed by atoms with Crippen molar-refractivity contribution in [2.75, 3.05) is 11.4 Å². The minimum atomic E-state index is -2.76. The molecule has 0 unspecified atom stereocenters. The fraction of sp³-hybridized carbons (Fsp3) is 0.406. The minimum absolute atomic E-state index is 0.0287. The summed E-state index contributed by atoms with van der Waals surface area (Å²) in [5.41, 5.74) is -1.81. The molecule has 2 aromatic carbocycles. The fourth-order valence-corrected chi connectivity index (χ4v) is 8.98. The lowest BCUT2D eigenvalue weighted by Crippen LogP contribution is -2.60. The van der Waals surface area contributed by atoms with Crippen molar-refractivity contribution in [1.82, 2.24) is 4.90 Å². The first kappa shape index (κ1) is 35.3. The van der Waals surface area contributed by atoms with Gasteiger partial charge in [-0.2, -0.15) is 0 Å². The topological polar surface area (TPSA) is 132 Å². The summed E-state index contributed by atoms with van der Waals surface area (Å²) in [5, 5.41) is 19.9. The molecule has 0 radical (unpaired) electrons. The van der Waals surface area contributed by atoms with Crippen molar-refractivity contribution < 1.29 is 56.1 Å². The number of aromatic hydroxyl groups is 1. The van der Waals surface area contributed by atoms with Gasteiger partial charge in [0.25, 0.3) is 11.8 Å². The lowest BCUT2D eigenvalue weighted by Gasteiger charge is -2.50. The van der Waals surface area contributed by atoms with E-state index in [0.29, 0.717) is 23.7 Å². The number of imide groups is 2. The van der Waals surface area contributed by atoms with Crippen LogP contribution in [0, 0.1) is 46.8 Å². The fourth-order valence-electron chi connectivity index (χ4n) is 7.68. The maximum Gasteiger partial charge on any atom is 0.303 e. The molecular formula is C32H24BrCl2F5N2O7. The summed E-state index contributed by atoms with van der Waals surface area (Å²) < 4.78 is 73.3. The maximum absolute atomic E-state index is 15.1. The highest BCUT2D eigenvalue weighted by Gasteiger charge is 2.77. The third kappa shape index (κ3) is 5.01. The number of unbranched alkanes of at least 4 members (excludes halogenated alkanes) is 2. The molecule has 49 heavy (non-hydrogen) atoms. The van der Waals surface area contributed by atoms with Gasteiger partial charge in [0.2, 0.25) is 17.6 Å². The van der Waals surface area contributed by atoms with E-state index in [1.54, 1.807) is 0 Å². The van der Waals surface area contributed by atoms with Crippen LogP contribution < -0.4 is 4.90 Å². The SMILES string of the molecule is O=C(O)CCCCCN1C(=O)[C@H]2[C@H](CC=C3[C@H]2C[C@@]2(Cl)C(=O)N(c4c(F)c(F)c(F)c(F)c4F)C(=O)[C@@]2(Cl)[C@H]3c2cc(Br)ccc2O)C1=O. The number of phenolic OH excluding ortho intramolecular Hbond substituents is 1. The van der Waals surface area contributed by atoms with Crippen molar-refractivity contribution in [2.45, 2.75) is 54.2 Å². The molecule has 4 aliphatic rings. The number of anilines is 1. The van der Waals surface area contributed by atoms with Crippen LogP contribution in [0.1, 0.15) is 50.0 Å². The second-order valence-electron chi connectivity index (χ2n) is 12.4. The summed E-state index contributed by atoms with van der Waals surface area (Å²) in [4.78, 5) is 62.0. The van der Waals surface area contributed by atoms with E-state index in [0.717, 1.165) is 4.90 Å². The number of halogens is 8. The largest absolute Gasteiger partial charge is 0.508 e. The number of aliphatic carboxylic acids is 1. The number of phenols is 1. The molecule has 6 rings (SSSR count). The van der Waals surface area contributed by atoms with Crippen LogP contribution in [0.4, 0.5) is 27.6 Å². The third-order valence-corrected chi connectivity index (χ3v) is 11.8. The van der Waals surface area contributed by atoms with Crippen LogP contribution in [-0.4, -0.2) is 61.0 Å². The Bertz CT molecular complexity index is 1870. The van der Waals surface area contributed by atoms with Gasteiger partial charge in [-0.25, -0.2) is 26.9 Å². The lowest BCUT2D eigenvalue weighted by molar-refractivity contribution is -0.141. The highest BCUT2D eigenvalue weighted by molar-refractivity contribution is 9.10. The summed E-state index contributed by atoms with van der Waals surface area (Å²) in [6, 6.07) is 3.97. The van der Waals surface area contributed by atoms with Gasteiger partial charge in [-0.3, -0.25) is 28.9 Å². The quantitative estimate of drug-likeness (QED) is 0.0632. The number of nitrogens with zero attached hydrogens (tertiary/aromatic N) is 2. The Morgan fingerprint density at radius 2 is 1.53 bits per heavy atom. The van der Waals surface area contributed by atoms with Crippen molar-refractivity contribution in [1.29, 1.82) is 0 Å². The average Bonchev–Trinajstić information content (AvgIpc) is 3.38. The summed E-state index contributed by atoms with van der Waals surface area (Å²) in [6.45, 7) is -0.0287. The number of allylic oxidation sites excluding steroid dienone is 2. The molecule has 2 saturated heterocycles. The molecule has 0 spiro atoms. The smallest absolute Gasteiger partial charge is 0.303 e. The van der Waals surface area contributed by atoms with E-state index in [9.17, 15) is 42.3 Å².